The van der Waals surface area contributed by atoms with Gasteiger partial charge in [0, 0.05) is 10.8 Å². The van der Waals surface area contributed by atoms with Crippen LogP contribution >= 0.6 is 0 Å². The standard InChI is InChI=1S/C45H30O/c1-3-13-30(14-4-1)29-34-17-11-23-40-44(34)45-35(22-12-24-41(45)46-40)31-25-27-33(28-26-31)43-38-20-9-7-18-36(38)42(32-15-5-2-6-16-32)37-19-8-10-21-39(37)43/h1-28H,29H2/i1D,3D,4D,11D,12D,13D,14D,17D,22D,23D,24D,25D,26D,27D,28D. The first kappa shape index (κ1) is 15.4. The zero-order valence-electron chi connectivity index (χ0n) is 39.1. The minimum Gasteiger partial charge on any atom is -0.456 e. The summed E-state index contributed by atoms with van der Waals surface area (Å²) in [6, 6.07) is 15.9. The monoisotopic (exact) mass is 601 g/mol. The molecule has 0 fully saturated rings. The molecule has 9 aromatic rings. The maximum Gasteiger partial charge on any atom is 0.136 e. The molecule has 0 radical (unpaired) electrons. The number of fused-ring (bicyclic) bond motifs is 5. The van der Waals surface area contributed by atoms with Gasteiger partial charge < -0.3 is 4.42 Å². The molecule has 1 nitrogen and oxygen atoms in total. The zero-order chi connectivity index (χ0) is 43.5. The van der Waals surface area contributed by atoms with Gasteiger partial charge in [0.1, 0.15) is 11.2 Å². The van der Waals surface area contributed by atoms with Crippen LogP contribution in [0.1, 0.15) is 31.7 Å². The molecule has 0 bridgehead atoms. The van der Waals surface area contributed by atoms with E-state index >= 15 is 0 Å². The van der Waals surface area contributed by atoms with Gasteiger partial charge in [0.25, 0.3) is 0 Å². The Balaban J connectivity index is 1.40. The number of furan rings is 1. The maximum atomic E-state index is 9.58. The average Bonchev–Trinajstić information content (AvgIpc) is 3.67. The van der Waals surface area contributed by atoms with E-state index in [9.17, 15) is 6.85 Å². The molecular formula is C45H30O. The van der Waals surface area contributed by atoms with E-state index < -0.39 is 103 Å². The molecule has 1 heteroatoms. The first-order chi connectivity index (χ1) is 29.1. The van der Waals surface area contributed by atoms with Crippen LogP contribution in [0, 0.1) is 0 Å². The molecule has 9 rings (SSSR count). The Morgan fingerprint density at radius 3 is 1.63 bits per heavy atom. The van der Waals surface area contributed by atoms with Gasteiger partial charge in [0.05, 0.1) is 20.6 Å². The summed E-state index contributed by atoms with van der Waals surface area (Å²) < 4.78 is 139. The van der Waals surface area contributed by atoms with Gasteiger partial charge >= 0.3 is 0 Å². The van der Waals surface area contributed by atoms with Crippen molar-refractivity contribution < 1.29 is 25.0 Å². The molecule has 1 aromatic heterocycles. The molecule has 0 saturated heterocycles. The van der Waals surface area contributed by atoms with Gasteiger partial charge in [-0.05, 0) is 84.6 Å². The Labute approximate surface area is 289 Å². The van der Waals surface area contributed by atoms with E-state index in [1.54, 1.807) is 0 Å². The molecule has 0 aliphatic heterocycles. The van der Waals surface area contributed by atoms with Crippen molar-refractivity contribution in [3.05, 3.63) is 181 Å². The molecule has 46 heavy (non-hydrogen) atoms. The third kappa shape index (κ3) is 4.32. The van der Waals surface area contributed by atoms with E-state index in [0.29, 0.717) is 16.3 Å². The molecule has 8 aromatic carbocycles. The van der Waals surface area contributed by atoms with Crippen molar-refractivity contribution in [2.24, 2.45) is 0 Å². The molecule has 0 N–H and O–H groups in total. The van der Waals surface area contributed by atoms with E-state index in [-0.39, 0.29) is 44.2 Å². The lowest BCUT2D eigenvalue weighted by molar-refractivity contribution is 0.669. The predicted molar refractivity (Wildman–Crippen MR) is 194 cm³/mol. The predicted octanol–water partition coefficient (Wildman–Crippen LogP) is 12.5. The Bertz CT molecular complexity index is 3280. The van der Waals surface area contributed by atoms with E-state index in [2.05, 4.69) is 0 Å². The highest BCUT2D eigenvalue weighted by Gasteiger charge is 2.18. The fourth-order valence-corrected chi connectivity index (χ4v) is 6.31. The van der Waals surface area contributed by atoms with E-state index in [1.165, 1.54) is 0 Å². The van der Waals surface area contributed by atoms with Crippen molar-refractivity contribution in [1.29, 1.82) is 0 Å². The summed E-state index contributed by atoms with van der Waals surface area (Å²) in [7, 11) is 0. The summed E-state index contributed by atoms with van der Waals surface area (Å²) in [4.78, 5) is 0. The molecule has 0 spiro atoms. The van der Waals surface area contributed by atoms with Gasteiger partial charge in [-0.15, -0.1) is 0 Å². The van der Waals surface area contributed by atoms with Crippen LogP contribution < -0.4 is 0 Å². The summed E-state index contributed by atoms with van der Waals surface area (Å²) in [5.74, 6) is 0. The van der Waals surface area contributed by atoms with Gasteiger partial charge in [0.15, 0.2) is 0 Å². The average molecular weight is 602 g/mol. The van der Waals surface area contributed by atoms with Crippen LogP contribution in [-0.4, -0.2) is 0 Å². The van der Waals surface area contributed by atoms with Gasteiger partial charge in [-0.25, -0.2) is 0 Å². The van der Waals surface area contributed by atoms with Crippen LogP contribution in [0.5, 0.6) is 0 Å². The molecular weight excluding hydrogens is 556 g/mol. The number of rotatable bonds is 5. The number of hydrogen-bond donors (Lipinski definition) is 0. The molecule has 216 valence electrons. The zero-order valence-corrected chi connectivity index (χ0v) is 24.1. The molecule has 0 unspecified atom stereocenters. The minimum absolute atomic E-state index is 0.0172. The van der Waals surface area contributed by atoms with Gasteiger partial charge in [-0.2, -0.15) is 0 Å². The van der Waals surface area contributed by atoms with Crippen molar-refractivity contribution in [2.45, 2.75) is 6.42 Å². The Morgan fingerprint density at radius 1 is 0.435 bits per heavy atom. The van der Waals surface area contributed by atoms with Crippen LogP contribution in [-0.2, 0) is 6.42 Å². The highest BCUT2D eigenvalue weighted by Crippen LogP contribution is 2.44. The quantitative estimate of drug-likeness (QED) is 0.179. The summed E-state index contributed by atoms with van der Waals surface area (Å²) in [6.07, 6.45) is -0.554. The van der Waals surface area contributed by atoms with Crippen molar-refractivity contribution in [3.63, 3.8) is 0 Å². The van der Waals surface area contributed by atoms with E-state index in [4.69, 9.17) is 18.1 Å². The Hall–Kier alpha value is -5.92. The third-order valence-corrected chi connectivity index (χ3v) is 8.24. The topological polar surface area (TPSA) is 13.1 Å². The summed E-state index contributed by atoms with van der Waals surface area (Å²) in [5, 5.41) is 2.59. The lowest BCUT2D eigenvalue weighted by Gasteiger charge is -2.18. The second-order valence-corrected chi connectivity index (χ2v) is 10.9. The first-order valence-electron chi connectivity index (χ1n) is 22.2. The fraction of sp³-hybridized carbons (Fsp3) is 0.0222. The maximum absolute atomic E-state index is 9.58. The van der Waals surface area contributed by atoms with Crippen molar-refractivity contribution >= 4 is 43.5 Å². The smallest absolute Gasteiger partial charge is 0.136 e. The minimum atomic E-state index is -0.688. The van der Waals surface area contributed by atoms with Crippen LogP contribution in [0.25, 0.3) is 76.9 Å². The van der Waals surface area contributed by atoms with Gasteiger partial charge in [0.2, 0.25) is 0 Å². The van der Waals surface area contributed by atoms with Gasteiger partial charge in [-0.1, -0.05) is 157 Å². The van der Waals surface area contributed by atoms with Gasteiger partial charge in [-0.3, -0.25) is 0 Å². The van der Waals surface area contributed by atoms with Crippen LogP contribution in [0.3, 0.4) is 0 Å². The molecule has 0 aliphatic rings. The van der Waals surface area contributed by atoms with E-state index in [0.717, 1.165) is 21.9 Å². The van der Waals surface area contributed by atoms with Crippen LogP contribution in [0.2, 0.25) is 0 Å². The molecule has 0 amide bonds. The van der Waals surface area contributed by atoms with Crippen LogP contribution in [0.15, 0.2) is 174 Å². The highest BCUT2D eigenvalue weighted by molar-refractivity contribution is 6.21. The normalized spacial score (nSPS) is 16.1. The molecule has 0 saturated carbocycles. The summed E-state index contributed by atoms with van der Waals surface area (Å²) in [6.45, 7) is 0. The van der Waals surface area contributed by atoms with Crippen LogP contribution in [0.4, 0.5) is 0 Å². The van der Waals surface area contributed by atoms with Crippen molar-refractivity contribution in [2.75, 3.05) is 0 Å². The van der Waals surface area contributed by atoms with E-state index in [1.807, 2.05) is 78.9 Å². The third-order valence-electron chi connectivity index (χ3n) is 8.24. The SMILES string of the molecule is [2H]c1c([2H])c([2H])c(Cc2c([2H])c([2H])c([2H])c3oc4c([2H])c([2H])c([2H])c(-c5c([2H])c([2H])c(-c6c7ccccc7c(-c7ccccc7)c7ccccc67)c([2H])c5[2H])c4c23)c([2H])c1[2H]. The molecule has 0 aliphatic carbocycles. The lowest BCUT2D eigenvalue weighted by atomic mass is 9.85. The summed E-state index contributed by atoms with van der Waals surface area (Å²) in [5.41, 5.74) is 0.376. The fourth-order valence-electron chi connectivity index (χ4n) is 6.31. The second-order valence-electron chi connectivity index (χ2n) is 10.9. The van der Waals surface area contributed by atoms with Crippen molar-refractivity contribution in [3.8, 4) is 33.4 Å². The second kappa shape index (κ2) is 10.9. The number of benzene rings is 8. The Morgan fingerprint density at radius 2 is 0.978 bits per heavy atom. The Kier molecular flexibility index (Phi) is 3.65. The summed E-state index contributed by atoms with van der Waals surface area (Å²) >= 11 is 0. The highest BCUT2D eigenvalue weighted by atomic mass is 16.3. The largest absolute Gasteiger partial charge is 0.456 e. The molecule has 0 atom stereocenters. The number of hydrogen-bond acceptors (Lipinski definition) is 1. The lowest BCUT2D eigenvalue weighted by Crippen LogP contribution is -1.91. The molecule has 1 heterocycles. The first-order valence-corrected chi connectivity index (χ1v) is 14.7. The van der Waals surface area contributed by atoms with Crippen molar-refractivity contribution in [1.82, 2.24) is 0 Å².